The second-order valence-corrected chi connectivity index (χ2v) is 7.90. The molecule has 1 heterocycles. The summed E-state index contributed by atoms with van der Waals surface area (Å²) in [6, 6.07) is 13.7. The minimum absolute atomic E-state index is 0.0493. The third-order valence-corrected chi connectivity index (χ3v) is 5.95. The smallest absolute Gasteiger partial charge is 0.226 e. The lowest BCUT2D eigenvalue weighted by Crippen LogP contribution is -2.68. The SMILES string of the molecule is CC(=O)NC[C@H]1[C@H](c2ccc(-c3ccccc3F)cc2)[C@H](CO)N1C(=O)C1CC1. The number of amides is 2. The first-order valence-corrected chi connectivity index (χ1v) is 10.0. The Kier molecular flexibility index (Phi) is 5.37. The van der Waals surface area contributed by atoms with E-state index in [4.69, 9.17) is 0 Å². The van der Waals surface area contributed by atoms with Gasteiger partial charge in [0.15, 0.2) is 0 Å². The predicted octanol–water partition coefficient (Wildman–Crippen LogP) is 2.69. The number of rotatable bonds is 6. The zero-order valence-electron chi connectivity index (χ0n) is 16.3. The standard InChI is InChI=1S/C23H25FN2O3/c1-14(28)25-12-20-22(21(13-27)26(20)23(29)17-10-11-17)16-8-6-15(7-9-16)18-4-2-3-5-19(18)24/h2-9,17,20-22,27H,10-13H2,1H3,(H,25,28)/t20-,21-,22-/m0/s1. The highest BCUT2D eigenvalue weighted by molar-refractivity contribution is 5.83. The molecule has 4 rings (SSSR count). The number of aliphatic hydroxyl groups is 1. The van der Waals surface area contributed by atoms with Gasteiger partial charge in [0.05, 0.1) is 18.7 Å². The van der Waals surface area contributed by atoms with Crippen LogP contribution in [0.15, 0.2) is 48.5 Å². The Morgan fingerprint density at radius 3 is 2.38 bits per heavy atom. The summed E-state index contributed by atoms with van der Waals surface area (Å²) in [6.07, 6.45) is 1.78. The molecule has 152 valence electrons. The minimum atomic E-state index is -0.304. The molecular formula is C23H25FN2O3. The van der Waals surface area contributed by atoms with Crippen LogP contribution in [0.3, 0.4) is 0 Å². The summed E-state index contributed by atoms with van der Waals surface area (Å²) in [6.45, 7) is 1.67. The van der Waals surface area contributed by atoms with E-state index in [0.717, 1.165) is 24.0 Å². The summed E-state index contributed by atoms with van der Waals surface area (Å²) >= 11 is 0. The molecular weight excluding hydrogens is 371 g/mol. The van der Waals surface area contributed by atoms with Crippen molar-refractivity contribution in [2.75, 3.05) is 13.2 Å². The van der Waals surface area contributed by atoms with Crippen LogP contribution in [0.5, 0.6) is 0 Å². The lowest BCUT2D eigenvalue weighted by atomic mass is 9.74. The molecule has 29 heavy (non-hydrogen) atoms. The number of benzene rings is 2. The molecule has 6 heteroatoms. The third kappa shape index (κ3) is 3.77. The highest BCUT2D eigenvalue weighted by Crippen LogP contribution is 2.44. The first-order valence-electron chi connectivity index (χ1n) is 10.0. The number of likely N-dealkylation sites (tertiary alicyclic amines) is 1. The summed E-state index contributed by atoms with van der Waals surface area (Å²) in [7, 11) is 0. The van der Waals surface area contributed by atoms with Crippen LogP contribution in [-0.2, 0) is 9.59 Å². The van der Waals surface area contributed by atoms with E-state index in [2.05, 4.69) is 5.32 Å². The van der Waals surface area contributed by atoms with Gasteiger partial charge in [-0.1, -0.05) is 42.5 Å². The Morgan fingerprint density at radius 1 is 1.10 bits per heavy atom. The molecule has 0 radical (unpaired) electrons. The Hall–Kier alpha value is -2.73. The molecule has 5 nitrogen and oxygen atoms in total. The molecule has 2 N–H and O–H groups in total. The Morgan fingerprint density at radius 2 is 1.79 bits per heavy atom. The molecule has 2 aromatic carbocycles. The number of carbonyl (C=O) groups is 2. The van der Waals surface area contributed by atoms with E-state index in [1.54, 1.807) is 23.1 Å². The van der Waals surface area contributed by atoms with Gasteiger partial charge in [-0.15, -0.1) is 0 Å². The number of nitrogens with zero attached hydrogens (tertiary/aromatic N) is 1. The number of halogens is 1. The molecule has 2 aromatic rings. The highest BCUT2D eigenvalue weighted by Gasteiger charge is 2.53. The molecule has 0 bridgehead atoms. The fourth-order valence-electron chi connectivity index (χ4n) is 4.31. The molecule has 0 spiro atoms. The molecule has 0 unspecified atom stereocenters. The van der Waals surface area contributed by atoms with E-state index < -0.39 is 0 Å². The largest absolute Gasteiger partial charge is 0.394 e. The summed E-state index contributed by atoms with van der Waals surface area (Å²) < 4.78 is 14.1. The monoisotopic (exact) mass is 396 g/mol. The van der Waals surface area contributed by atoms with Crippen molar-refractivity contribution >= 4 is 11.8 Å². The number of nitrogens with one attached hydrogen (secondary N) is 1. The quantitative estimate of drug-likeness (QED) is 0.789. The van der Waals surface area contributed by atoms with Crippen molar-refractivity contribution in [1.82, 2.24) is 10.2 Å². The zero-order chi connectivity index (χ0) is 20.5. The highest BCUT2D eigenvalue weighted by atomic mass is 19.1. The van der Waals surface area contributed by atoms with E-state index in [-0.39, 0.29) is 48.2 Å². The Labute approximate surface area is 169 Å². The number of carbonyl (C=O) groups excluding carboxylic acids is 2. The van der Waals surface area contributed by atoms with Gasteiger partial charge in [0.1, 0.15) is 5.82 Å². The van der Waals surface area contributed by atoms with E-state index in [1.165, 1.54) is 13.0 Å². The maximum Gasteiger partial charge on any atom is 0.226 e. The summed E-state index contributed by atoms with van der Waals surface area (Å²) in [5.41, 5.74) is 2.28. The van der Waals surface area contributed by atoms with Crippen molar-refractivity contribution in [2.45, 2.75) is 37.8 Å². The molecule has 1 aliphatic carbocycles. The Balaban J connectivity index is 1.59. The van der Waals surface area contributed by atoms with Gasteiger partial charge in [-0.25, -0.2) is 4.39 Å². The van der Waals surface area contributed by atoms with Crippen LogP contribution in [0.25, 0.3) is 11.1 Å². The van der Waals surface area contributed by atoms with E-state index >= 15 is 0 Å². The molecule has 3 atom stereocenters. The zero-order valence-corrected chi connectivity index (χ0v) is 16.3. The van der Waals surface area contributed by atoms with Gasteiger partial charge < -0.3 is 15.3 Å². The predicted molar refractivity (Wildman–Crippen MR) is 107 cm³/mol. The fourth-order valence-corrected chi connectivity index (χ4v) is 4.31. The van der Waals surface area contributed by atoms with E-state index in [1.807, 2.05) is 24.3 Å². The van der Waals surface area contributed by atoms with Crippen LogP contribution in [0, 0.1) is 11.7 Å². The van der Waals surface area contributed by atoms with Gasteiger partial charge in [-0.3, -0.25) is 9.59 Å². The van der Waals surface area contributed by atoms with Crippen molar-refractivity contribution < 1.29 is 19.1 Å². The lowest BCUT2D eigenvalue weighted by molar-refractivity contribution is -0.152. The van der Waals surface area contributed by atoms with E-state index in [9.17, 15) is 19.1 Å². The second-order valence-electron chi connectivity index (χ2n) is 7.90. The molecule has 2 fully saturated rings. The van der Waals surface area contributed by atoms with Crippen molar-refractivity contribution in [2.24, 2.45) is 5.92 Å². The van der Waals surface area contributed by atoms with Crippen molar-refractivity contribution in [3.8, 4) is 11.1 Å². The molecule has 1 saturated heterocycles. The van der Waals surface area contributed by atoms with Crippen LogP contribution in [-0.4, -0.2) is 47.1 Å². The van der Waals surface area contributed by atoms with Crippen LogP contribution in [0.4, 0.5) is 4.39 Å². The number of hydrogen-bond acceptors (Lipinski definition) is 3. The molecule has 2 amide bonds. The molecule has 1 aliphatic heterocycles. The molecule has 1 saturated carbocycles. The third-order valence-electron chi connectivity index (χ3n) is 5.95. The van der Waals surface area contributed by atoms with Crippen LogP contribution in [0.1, 0.15) is 31.2 Å². The maximum absolute atomic E-state index is 14.1. The van der Waals surface area contributed by atoms with Crippen molar-refractivity contribution in [3.05, 3.63) is 59.9 Å². The normalized spacial score (nSPS) is 23.4. The average molecular weight is 396 g/mol. The van der Waals surface area contributed by atoms with Crippen LogP contribution < -0.4 is 5.32 Å². The summed E-state index contributed by atoms with van der Waals surface area (Å²) in [5, 5.41) is 12.8. The topological polar surface area (TPSA) is 69.6 Å². The van der Waals surface area contributed by atoms with Gasteiger partial charge in [-0.05, 0) is 30.0 Å². The van der Waals surface area contributed by atoms with Crippen molar-refractivity contribution in [1.29, 1.82) is 0 Å². The lowest BCUT2D eigenvalue weighted by Gasteiger charge is -2.55. The van der Waals surface area contributed by atoms with Gasteiger partial charge in [0.2, 0.25) is 11.8 Å². The molecule has 2 aliphatic rings. The summed E-state index contributed by atoms with van der Waals surface area (Å²) in [4.78, 5) is 25.9. The average Bonchev–Trinajstić information content (AvgIpc) is 3.53. The second kappa shape index (κ2) is 7.95. The maximum atomic E-state index is 14.1. The van der Waals surface area contributed by atoms with Gasteiger partial charge in [-0.2, -0.15) is 0 Å². The van der Waals surface area contributed by atoms with Gasteiger partial charge in [0.25, 0.3) is 0 Å². The van der Waals surface area contributed by atoms with E-state index in [0.29, 0.717) is 12.1 Å². The van der Waals surface area contributed by atoms with Crippen LogP contribution in [0.2, 0.25) is 0 Å². The molecule has 0 aromatic heterocycles. The number of aliphatic hydroxyl groups excluding tert-OH is 1. The number of hydrogen-bond donors (Lipinski definition) is 2. The van der Waals surface area contributed by atoms with Gasteiger partial charge in [0, 0.05) is 30.9 Å². The van der Waals surface area contributed by atoms with Gasteiger partial charge >= 0.3 is 0 Å². The summed E-state index contributed by atoms with van der Waals surface area (Å²) in [5.74, 6) is -0.386. The fraction of sp³-hybridized carbons (Fsp3) is 0.391. The minimum Gasteiger partial charge on any atom is -0.394 e. The first-order chi connectivity index (χ1) is 14.0. The van der Waals surface area contributed by atoms with Crippen molar-refractivity contribution in [3.63, 3.8) is 0 Å². The van der Waals surface area contributed by atoms with Crippen LogP contribution >= 0.6 is 0 Å². The Bertz CT molecular complexity index is 911. The first kappa shape index (κ1) is 19.6.